The highest BCUT2D eigenvalue weighted by Gasteiger charge is 2.19. The molecule has 5 rings (SSSR count). The summed E-state index contributed by atoms with van der Waals surface area (Å²) in [5.41, 5.74) is 7.09. The Morgan fingerprint density at radius 2 is 1.61 bits per heavy atom. The van der Waals surface area contributed by atoms with Crippen molar-refractivity contribution in [3.63, 3.8) is 0 Å². The van der Waals surface area contributed by atoms with E-state index in [0.717, 1.165) is 21.9 Å². The van der Waals surface area contributed by atoms with Gasteiger partial charge in [0.2, 0.25) is 5.91 Å². The maximum atomic E-state index is 13.7. The van der Waals surface area contributed by atoms with Crippen LogP contribution < -0.4 is 10.9 Å². The molecule has 0 saturated carbocycles. The fourth-order valence-corrected chi connectivity index (χ4v) is 5.14. The molecule has 1 amide bonds. The quantitative estimate of drug-likeness (QED) is 0.365. The molecule has 2 aromatic heterocycles. The van der Waals surface area contributed by atoms with Crippen molar-refractivity contribution in [2.24, 2.45) is 0 Å². The van der Waals surface area contributed by atoms with E-state index < -0.39 is 0 Å². The lowest BCUT2D eigenvalue weighted by atomic mass is 10.00. The van der Waals surface area contributed by atoms with Crippen LogP contribution in [0, 0.1) is 20.8 Å². The third-order valence-electron chi connectivity index (χ3n) is 6.90. The van der Waals surface area contributed by atoms with Gasteiger partial charge in [0.25, 0.3) is 5.56 Å². The lowest BCUT2D eigenvalue weighted by molar-refractivity contribution is -0.122. The molecule has 6 heteroatoms. The molecule has 182 valence electrons. The number of hydrogen-bond donors (Lipinski definition) is 1. The van der Waals surface area contributed by atoms with Crippen LogP contribution in [0.25, 0.3) is 21.8 Å². The van der Waals surface area contributed by atoms with Crippen LogP contribution in [0.2, 0.25) is 0 Å². The van der Waals surface area contributed by atoms with Crippen molar-refractivity contribution in [1.82, 2.24) is 19.7 Å². The normalized spacial score (nSPS) is 12.2. The van der Waals surface area contributed by atoms with Gasteiger partial charge in [-0.15, -0.1) is 0 Å². The van der Waals surface area contributed by atoms with Crippen LogP contribution in [0.3, 0.4) is 0 Å². The minimum atomic E-state index is -0.270. The second kappa shape index (κ2) is 9.46. The molecule has 3 aromatic carbocycles. The number of hydrogen-bond acceptors (Lipinski definition) is 3. The molecule has 0 fully saturated rings. The zero-order chi connectivity index (χ0) is 25.4. The van der Waals surface area contributed by atoms with E-state index in [4.69, 9.17) is 0 Å². The van der Waals surface area contributed by atoms with Gasteiger partial charge in [0.05, 0.1) is 12.2 Å². The van der Waals surface area contributed by atoms with Gasteiger partial charge < -0.3 is 9.88 Å². The summed E-state index contributed by atoms with van der Waals surface area (Å²) in [7, 11) is 0. The summed E-state index contributed by atoms with van der Waals surface area (Å²) in [5, 5.41) is 9.13. The van der Waals surface area contributed by atoms with Crippen molar-refractivity contribution in [3.8, 4) is 0 Å². The summed E-state index contributed by atoms with van der Waals surface area (Å²) in [5.74, 6) is -0.256. The second-order valence-corrected chi connectivity index (χ2v) is 9.55. The van der Waals surface area contributed by atoms with Gasteiger partial charge in [-0.1, -0.05) is 66.2 Å². The van der Waals surface area contributed by atoms with Gasteiger partial charge in [0, 0.05) is 22.8 Å². The highest BCUT2D eigenvalue weighted by molar-refractivity contribution is 6.07. The molecule has 6 nitrogen and oxygen atoms in total. The van der Waals surface area contributed by atoms with E-state index in [1.54, 1.807) is 6.20 Å². The Bertz CT molecular complexity index is 1620. The summed E-state index contributed by atoms with van der Waals surface area (Å²) in [4.78, 5) is 26.6. The number of para-hydroxylation sites is 1. The van der Waals surface area contributed by atoms with Crippen LogP contribution >= 0.6 is 0 Å². The molecule has 1 N–H and O–H groups in total. The molecule has 0 radical (unpaired) electrons. The summed E-state index contributed by atoms with van der Waals surface area (Å²) < 4.78 is 3.33. The van der Waals surface area contributed by atoms with Crippen molar-refractivity contribution >= 4 is 27.7 Å². The van der Waals surface area contributed by atoms with Crippen molar-refractivity contribution in [2.75, 3.05) is 0 Å². The zero-order valence-electron chi connectivity index (χ0n) is 21.1. The van der Waals surface area contributed by atoms with Gasteiger partial charge in [0.15, 0.2) is 0 Å². The van der Waals surface area contributed by atoms with Crippen LogP contribution in [-0.2, 0) is 17.9 Å². The van der Waals surface area contributed by atoms with Crippen molar-refractivity contribution in [2.45, 2.75) is 46.8 Å². The Morgan fingerprint density at radius 1 is 0.944 bits per heavy atom. The van der Waals surface area contributed by atoms with Crippen molar-refractivity contribution < 1.29 is 4.79 Å². The third-order valence-corrected chi connectivity index (χ3v) is 6.90. The van der Waals surface area contributed by atoms with Gasteiger partial charge in [-0.25, -0.2) is 4.68 Å². The Labute approximate surface area is 210 Å². The summed E-state index contributed by atoms with van der Waals surface area (Å²) >= 11 is 0. The highest BCUT2D eigenvalue weighted by Crippen LogP contribution is 2.28. The van der Waals surface area contributed by atoms with E-state index in [1.165, 1.54) is 26.9 Å². The number of rotatable bonds is 6. The molecule has 2 heterocycles. The van der Waals surface area contributed by atoms with Gasteiger partial charge in [-0.05, 0) is 56.0 Å². The fraction of sp³-hybridized carbons (Fsp3) is 0.233. The van der Waals surface area contributed by atoms with Gasteiger partial charge in [-0.2, -0.15) is 5.10 Å². The van der Waals surface area contributed by atoms with Gasteiger partial charge >= 0.3 is 0 Å². The van der Waals surface area contributed by atoms with E-state index in [1.807, 2.05) is 61.5 Å². The SMILES string of the molecule is Cc1cc(C)c(Cn2c3ccccc3c3cnn(CC(=O)N[C@@H](C)c4ccccc4)c(=O)c32)c(C)c1. The second-order valence-electron chi connectivity index (χ2n) is 9.55. The smallest absolute Gasteiger partial charge is 0.291 e. The number of nitrogens with zero attached hydrogens (tertiary/aromatic N) is 3. The predicted molar refractivity (Wildman–Crippen MR) is 144 cm³/mol. The minimum absolute atomic E-state index is 0.143. The maximum absolute atomic E-state index is 13.7. The Balaban J connectivity index is 1.55. The standard InChI is InChI=1S/C30H30N4O2/c1-19-14-20(2)26(21(3)15-19)17-33-27-13-9-8-12-24(27)25-16-31-34(30(36)29(25)33)18-28(35)32-22(4)23-10-6-5-7-11-23/h5-16,22H,17-18H2,1-4H3,(H,32,35)/t22-/m0/s1. The molecule has 5 aromatic rings. The summed E-state index contributed by atoms with van der Waals surface area (Å²) in [6.07, 6.45) is 1.71. The first-order chi connectivity index (χ1) is 17.3. The number of carbonyl (C=O) groups is 1. The number of benzene rings is 3. The molecule has 36 heavy (non-hydrogen) atoms. The lowest BCUT2D eigenvalue weighted by Gasteiger charge is -2.15. The van der Waals surface area contributed by atoms with Crippen LogP contribution in [-0.4, -0.2) is 20.3 Å². The van der Waals surface area contributed by atoms with E-state index in [2.05, 4.69) is 47.9 Å². The predicted octanol–water partition coefficient (Wildman–Crippen LogP) is 5.20. The average molecular weight is 479 g/mol. The molecule has 0 saturated heterocycles. The molecule has 0 spiro atoms. The molecule has 0 unspecified atom stereocenters. The Morgan fingerprint density at radius 3 is 2.33 bits per heavy atom. The van der Waals surface area contributed by atoms with E-state index in [0.29, 0.717) is 12.1 Å². The molecular formula is C30H30N4O2. The number of fused-ring (bicyclic) bond motifs is 3. The largest absolute Gasteiger partial charge is 0.348 e. The van der Waals surface area contributed by atoms with Crippen LogP contribution in [0.15, 0.2) is 77.7 Å². The van der Waals surface area contributed by atoms with Gasteiger partial charge in [0.1, 0.15) is 12.1 Å². The third kappa shape index (κ3) is 4.31. The summed E-state index contributed by atoms with van der Waals surface area (Å²) in [6, 6.07) is 21.9. The van der Waals surface area contributed by atoms with Crippen molar-refractivity contribution in [1.29, 1.82) is 0 Å². The zero-order valence-corrected chi connectivity index (χ0v) is 21.1. The topological polar surface area (TPSA) is 68.9 Å². The molecule has 0 bridgehead atoms. The number of nitrogens with one attached hydrogen (secondary N) is 1. The van der Waals surface area contributed by atoms with E-state index in [9.17, 15) is 9.59 Å². The number of aryl methyl sites for hydroxylation is 3. The van der Waals surface area contributed by atoms with E-state index in [-0.39, 0.29) is 24.1 Å². The first-order valence-electron chi connectivity index (χ1n) is 12.2. The van der Waals surface area contributed by atoms with Crippen LogP contribution in [0.5, 0.6) is 0 Å². The fourth-order valence-electron chi connectivity index (χ4n) is 5.14. The highest BCUT2D eigenvalue weighted by atomic mass is 16.2. The molecule has 0 aliphatic carbocycles. The van der Waals surface area contributed by atoms with Gasteiger partial charge in [-0.3, -0.25) is 9.59 Å². The van der Waals surface area contributed by atoms with Crippen molar-refractivity contribution in [3.05, 3.63) is 111 Å². The minimum Gasteiger partial charge on any atom is -0.348 e. The maximum Gasteiger partial charge on any atom is 0.291 e. The van der Waals surface area contributed by atoms with Crippen LogP contribution in [0.1, 0.15) is 40.8 Å². The Kier molecular flexibility index (Phi) is 6.18. The number of carbonyl (C=O) groups excluding carboxylic acids is 1. The molecule has 0 aliphatic heterocycles. The number of amides is 1. The number of aromatic nitrogens is 3. The molecular weight excluding hydrogens is 448 g/mol. The monoisotopic (exact) mass is 478 g/mol. The lowest BCUT2D eigenvalue weighted by Crippen LogP contribution is -2.35. The molecule has 0 aliphatic rings. The first kappa shape index (κ1) is 23.5. The first-order valence-corrected chi connectivity index (χ1v) is 12.2. The summed E-state index contributed by atoms with van der Waals surface area (Å²) in [6.45, 7) is 8.67. The molecule has 1 atom stereocenters. The Hall–Kier alpha value is -4.19. The average Bonchev–Trinajstić information content (AvgIpc) is 3.17. The van der Waals surface area contributed by atoms with E-state index >= 15 is 0 Å². The van der Waals surface area contributed by atoms with Crippen LogP contribution in [0.4, 0.5) is 0 Å².